The van der Waals surface area contributed by atoms with Crippen molar-refractivity contribution in [2.24, 2.45) is 11.8 Å². The molecule has 1 saturated carbocycles. The van der Waals surface area contributed by atoms with Gasteiger partial charge in [0.15, 0.2) is 5.78 Å². The smallest absolute Gasteiger partial charge is 0.151 e. The molecule has 0 aliphatic heterocycles. The molecule has 86 valence electrons. The lowest BCUT2D eigenvalue weighted by Crippen LogP contribution is -2.45. The van der Waals surface area contributed by atoms with Crippen LogP contribution in [0.25, 0.3) is 0 Å². The highest BCUT2D eigenvalue weighted by atomic mass is 16.1. The van der Waals surface area contributed by atoms with Gasteiger partial charge >= 0.3 is 0 Å². The first-order valence-corrected chi connectivity index (χ1v) is 5.82. The topological polar surface area (TPSA) is 55.1 Å². The Balaban J connectivity index is 1.94. The number of ketones is 1. The molecular weight excluding hydrogens is 200 g/mol. The Labute approximate surface area is 96.0 Å². The van der Waals surface area contributed by atoms with Gasteiger partial charge in [0.1, 0.15) is 0 Å². The number of carbonyl (C=O) groups excluding carboxylic acids is 1. The first kappa shape index (κ1) is 11.3. The molecule has 0 spiro atoms. The van der Waals surface area contributed by atoms with Crippen LogP contribution in [0.4, 0.5) is 0 Å². The standard InChI is InChI=1S/C13H18N2O/c14-15-12-9-11(6-7-13(12)16)8-10-4-2-1-3-5-10/h1-5,11-12,15H,6-9,14H2. The first-order chi connectivity index (χ1) is 7.79. The van der Waals surface area contributed by atoms with E-state index in [2.05, 4.69) is 29.7 Å². The van der Waals surface area contributed by atoms with Gasteiger partial charge in [-0.05, 0) is 30.7 Å². The molecular formula is C13H18N2O. The fraction of sp³-hybridized carbons (Fsp3) is 0.462. The van der Waals surface area contributed by atoms with Crippen LogP contribution in [0.2, 0.25) is 0 Å². The van der Waals surface area contributed by atoms with Gasteiger partial charge in [-0.2, -0.15) is 0 Å². The summed E-state index contributed by atoms with van der Waals surface area (Å²) in [5, 5.41) is 0. The van der Waals surface area contributed by atoms with Crippen molar-refractivity contribution in [1.82, 2.24) is 5.43 Å². The quantitative estimate of drug-likeness (QED) is 0.596. The third-order valence-electron chi connectivity index (χ3n) is 3.33. The largest absolute Gasteiger partial charge is 0.298 e. The van der Waals surface area contributed by atoms with Gasteiger partial charge in [0.25, 0.3) is 0 Å². The zero-order chi connectivity index (χ0) is 11.4. The van der Waals surface area contributed by atoms with Crippen molar-refractivity contribution in [3.8, 4) is 0 Å². The van der Waals surface area contributed by atoms with Crippen LogP contribution in [0, 0.1) is 5.92 Å². The minimum absolute atomic E-state index is 0.137. The number of benzene rings is 1. The second-order valence-corrected chi connectivity index (χ2v) is 4.52. The van der Waals surface area contributed by atoms with Gasteiger partial charge in [0.2, 0.25) is 0 Å². The van der Waals surface area contributed by atoms with E-state index in [0.29, 0.717) is 12.3 Å². The van der Waals surface area contributed by atoms with Crippen LogP contribution < -0.4 is 11.3 Å². The highest BCUT2D eigenvalue weighted by molar-refractivity contribution is 5.84. The van der Waals surface area contributed by atoms with E-state index >= 15 is 0 Å². The van der Waals surface area contributed by atoms with Crippen LogP contribution in [0.1, 0.15) is 24.8 Å². The summed E-state index contributed by atoms with van der Waals surface area (Å²) < 4.78 is 0. The highest BCUT2D eigenvalue weighted by Gasteiger charge is 2.27. The molecule has 0 heterocycles. The minimum atomic E-state index is -0.137. The van der Waals surface area contributed by atoms with E-state index in [1.807, 2.05) is 6.07 Å². The summed E-state index contributed by atoms with van der Waals surface area (Å²) in [5.41, 5.74) is 3.96. The Morgan fingerprint density at radius 3 is 2.75 bits per heavy atom. The lowest BCUT2D eigenvalue weighted by atomic mass is 9.81. The summed E-state index contributed by atoms with van der Waals surface area (Å²) in [5.74, 6) is 6.21. The SMILES string of the molecule is NNC1CC(Cc2ccccc2)CCC1=O. The third kappa shape index (κ3) is 2.68. The molecule has 0 radical (unpaired) electrons. The monoisotopic (exact) mass is 218 g/mol. The fourth-order valence-corrected chi connectivity index (χ4v) is 2.40. The molecule has 16 heavy (non-hydrogen) atoms. The summed E-state index contributed by atoms with van der Waals surface area (Å²) in [6.07, 6.45) is 3.56. The second-order valence-electron chi connectivity index (χ2n) is 4.52. The predicted octanol–water partition coefficient (Wildman–Crippen LogP) is 1.43. The van der Waals surface area contributed by atoms with E-state index in [9.17, 15) is 4.79 Å². The summed E-state index contributed by atoms with van der Waals surface area (Å²) in [6, 6.07) is 10.3. The number of hydrazine groups is 1. The normalized spacial score (nSPS) is 25.7. The maximum atomic E-state index is 11.5. The van der Waals surface area contributed by atoms with E-state index in [4.69, 9.17) is 5.84 Å². The van der Waals surface area contributed by atoms with Gasteiger partial charge in [0.05, 0.1) is 6.04 Å². The molecule has 2 unspecified atom stereocenters. The Kier molecular flexibility index (Phi) is 3.70. The summed E-state index contributed by atoms with van der Waals surface area (Å²) >= 11 is 0. The number of nitrogens with one attached hydrogen (secondary N) is 1. The van der Waals surface area contributed by atoms with Gasteiger partial charge in [0, 0.05) is 6.42 Å². The first-order valence-electron chi connectivity index (χ1n) is 5.82. The van der Waals surface area contributed by atoms with Gasteiger partial charge in [-0.1, -0.05) is 30.3 Å². The maximum Gasteiger partial charge on any atom is 0.151 e. The van der Waals surface area contributed by atoms with Crippen LogP contribution in [-0.4, -0.2) is 11.8 Å². The maximum absolute atomic E-state index is 11.5. The molecule has 1 aliphatic rings. The van der Waals surface area contributed by atoms with E-state index < -0.39 is 0 Å². The van der Waals surface area contributed by atoms with Crippen LogP contribution in [0.5, 0.6) is 0 Å². The molecule has 1 aromatic carbocycles. The molecule has 0 saturated heterocycles. The number of carbonyl (C=O) groups is 1. The van der Waals surface area contributed by atoms with Crippen molar-refractivity contribution in [2.45, 2.75) is 31.7 Å². The molecule has 2 rings (SSSR count). The summed E-state index contributed by atoms with van der Waals surface area (Å²) in [6.45, 7) is 0. The summed E-state index contributed by atoms with van der Waals surface area (Å²) in [7, 11) is 0. The van der Waals surface area contributed by atoms with Crippen molar-refractivity contribution in [3.63, 3.8) is 0 Å². The van der Waals surface area contributed by atoms with E-state index in [0.717, 1.165) is 19.3 Å². The van der Waals surface area contributed by atoms with E-state index in [-0.39, 0.29) is 11.8 Å². The molecule has 0 aromatic heterocycles. The van der Waals surface area contributed by atoms with Crippen molar-refractivity contribution in [1.29, 1.82) is 0 Å². The molecule has 1 fully saturated rings. The second kappa shape index (κ2) is 5.23. The van der Waals surface area contributed by atoms with Crippen molar-refractivity contribution in [2.75, 3.05) is 0 Å². The molecule has 1 aromatic rings. The van der Waals surface area contributed by atoms with Crippen LogP contribution in [0.15, 0.2) is 30.3 Å². The lowest BCUT2D eigenvalue weighted by Gasteiger charge is -2.27. The van der Waals surface area contributed by atoms with E-state index in [1.165, 1.54) is 5.56 Å². The molecule has 0 amide bonds. The van der Waals surface area contributed by atoms with E-state index in [1.54, 1.807) is 0 Å². The average molecular weight is 218 g/mol. The van der Waals surface area contributed by atoms with Gasteiger partial charge < -0.3 is 0 Å². The lowest BCUT2D eigenvalue weighted by molar-refractivity contribution is -0.123. The minimum Gasteiger partial charge on any atom is -0.298 e. The van der Waals surface area contributed by atoms with Crippen LogP contribution in [0.3, 0.4) is 0 Å². The van der Waals surface area contributed by atoms with Crippen molar-refractivity contribution < 1.29 is 4.79 Å². The number of nitrogens with two attached hydrogens (primary N) is 1. The summed E-state index contributed by atoms with van der Waals surface area (Å²) in [4.78, 5) is 11.5. The Hall–Kier alpha value is -1.19. The molecule has 0 bridgehead atoms. The zero-order valence-electron chi connectivity index (χ0n) is 9.36. The number of hydrogen-bond donors (Lipinski definition) is 2. The zero-order valence-corrected chi connectivity index (χ0v) is 9.36. The van der Waals surface area contributed by atoms with Crippen molar-refractivity contribution >= 4 is 5.78 Å². The molecule has 3 nitrogen and oxygen atoms in total. The van der Waals surface area contributed by atoms with Crippen molar-refractivity contribution in [3.05, 3.63) is 35.9 Å². The fourth-order valence-electron chi connectivity index (χ4n) is 2.40. The predicted molar refractivity (Wildman–Crippen MR) is 63.6 cm³/mol. The molecule has 1 aliphatic carbocycles. The average Bonchev–Trinajstić information content (AvgIpc) is 2.33. The Morgan fingerprint density at radius 1 is 1.31 bits per heavy atom. The molecule has 3 heteroatoms. The Bertz CT molecular complexity index is 350. The van der Waals surface area contributed by atoms with Gasteiger partial charge in [-0.15, -0.1) is 0 Å². The number of hydrogen-bond acceptors (Lipinski definition) is 3. The molecule has 3 N–H and O–H groups in total. The number of Topliss-reactive ketones (excluding diaryl/α,β-unsaturated/α-hetero) is 1. The van der Waals surface area contributed by atoms with Gasteiger partial charge in [-0.25, -0.2) is 5.43 Å². The van der Waals surface area contributed by atoms with Crippen LogP contribution >= 0.6 is 0 Å². The highest BCUT2D eigenvalue weighted by Crippen LogP contribution is 2.25. The third-order valence-corrected chi connectivity index (χ3v) is 3.33. The van der Waals surface area contributed by atoms with Crippen LogP contribution in [-0.2, 0) is 11.2 Å². The van der Waals surface area contributed by atoms with Gasteiger partial charge in [-0.3, -0.25) is 10.6 Å². The number of rotatable bonds is 3. The Morgan fingerprint density at radius 2 is 2.06 bits per heavy atom. The molecule has 2 atom stereocenters.